The highest BCUT2D eigenvalue weighted by molar-refractivity contribution is 5.35. The molecule has 0 aliphatic carbocycles. The van der Waals surface area contributed by atoms with Gasteiger partial charge in [-0.2, -0.15) is 8.78 Å². The first-order valence-electron chi connectivity index (χ1n) is 2.10. The molecule has 0 atom stereocenters. The Balaban J connectivity index is 4.61. The number of hydrogen-bond acceptors (Lipinski definition) is 0. The lowest BCUT2D eigenvalue weighted by Crippen LogP contribution is -1.70. The molecular weight excluding hydrogens is 122 g/mol. The molecule has 0 unspecified atom stereocenters. The van der Waals surface area contributed by atoms with Gasteiger partial charge < -0.3 is 0 Å². The van der Waals surface area contributed by atoms with Gasteiger partial charge in [0.25, 0.3) is 6.08 Å². The van der Waals surface area contributed by atoms with Gasteiger partial charge in [-0.15, -0.1) is 12.2 Å². The van der Waals surface area contributed by atoms with Gasteiger partial charge in [0.15, 0.2) is 0 Å². The zero-order chi connectivity index (χ0) is 7.28. The fourth-order valence-electron chi connectivity index (χ4n) is 0.253. The number of allylic oxidation sites excluding steroid dienone is 2. The molecule has 0 N–H and O–H groups in total. The van der Waals surface area contributed by atoms with Crippen LogP contribution < -0.4 is 0 Å². The number of halogens is 2. The third-order valence-corrected chi connectivity index (χ3v) is 0.606. The lowest BCUT2D eigenvalue weighted by Gasteiger charge is -1.81. The van der Waals surface area contributed by atoms with Gasteiger partial charge in [0.05, 0.1) is 5.57 Å². The van der Waals surface area contributed by atoms with E-state index in [-0.39, 0.29) is 0 Å². The highest BCUT2D eigenvalue weighted by atomic mass is 19.3. The smallest absolute Gasteiger partial charge is 0.172 e. The molecule has 0 rings (SSSR count). The van der Waals surface area contributed by atoms with E-state index in [0.29, 0.717) is 0 Å². The highest BCUT2D eigenvalue weighted by Crippen LogP contribution is 2.06. The summed E-state index contributed by atoms with van der Waals surface area (Å²) < 4.78 is 23.0. The summed E-state index contributed by atoms with van der Waals surface area (Å²) in [5.74, 6) is 1.77. The summed E-state index contributed by atoms with van der Waals surface area (Å²) in [6.45, 7) is 3.09. The van der Waals surface area contributed by atoms with E-state index in [1.165, 1.54) is 0 Å². The van der Waals surface area contributed by atoms with Crippen LogP contribution in [0.15, 0.2) is 30.0 Å². The number of rotatable bonds is 1. The number of hydrogen-bond donors (Lipinski definition) is 0. The van der Waals surface area contributed by atoms with Crippen molar-refractivity contribution in [3.05, 3.63) is 30.0 Å². The largest absolute Gasteiger partial charge is 0.286 e. The van der Waals surface area contributed by atoms with Crippen LogP contribution in [0, 0.1) is 12.3 Å². The minimum Gasteiger partial charge on any atom is -0.172 e. The third kappa shape index (κ3) is 2.48. The second-order valence-electron chi connectivity index (χ2n) is 1.17. The van der Waals surface area contributed by atoms with Crippen LogP contribution in [0.2, 0.25) is 0 Å². The maximum Gasteiger partial charge on any atom is 0.286 e. The standard InChI is InChI=1S/C7H4F2/c1-3-5-6(4-2)7(8)9/h2,5H,1H2. The molecule has 0 radical (unpaired) electrons. The molecule has 0 saturated carbocycles. The van der Waals surface area contributed by atoms with Gasteiger partial charge in [-0.1, -0.05) is 12.5 Å². The van der Waals surface area contributed by atoms with E-state index in [9.17, 15) is 8.78 Å². The molecule has 0 aliphatic heterocycles. The summed E-state index contributed by atoms with van der Waals surface area (Å²) in [7, 11) is 0. The number of terminal acetylenes is 1. The molecule has 0 saturated heterocycles. The molecule has 2 heteroatoms. The summed E-state index contributed by atoms with van der Waals surface area (Å²) in [6.07, 6.45) is 3.75. The molecule has 0 nitrogen and oxygen atoms in total. The van der Waals surface area contributed by atoms with Gasteiger partial charge in [-0.05, 0) is 0 Å². The normalized spacial score (nSPS) is 6.78. The topological polar surface area (TPSA) is 0 Å². The van der Waals surface area contributed by atoms with Crippen molar-refractivity contribution in [1.29, 1.82) is 0 Å². The van der Waals surface area contributed by atoms with Crippen molar-refractivity contribution in [3.8, 4) is 12.3 Å². The first kappa shape index (κ1) is 7.68. The molecule has 0 aromatic heterocycles. The molecule has 0 fully saturated rings. The van der Waals surface area contributed by atoms with E-state index in [2.05, 4.69) is 18.7 Å². The monoisotopic (exact) mass is 126 g/mol. The van der Waals surface area contributed by atoms with Crippen molar-refractivity contribution < 1.29 is 8.78 Å². The van der Waals surface area contributed by atoms with Crippen molar-refractivity contribution in [3.63, 3.8) is 0 Å². The summed E-state index contributed by atoms with van der Waals surface area (Å²) in [4.78, 5) is 0. The SMILES string of the molecule is C#CC(C=C=C)=C(F)F. The van der Waals surface area contributed by atoms with E-state index in [1.807, 2.05) is 0 Å². The molecule has 0 heterocycles. The zero-order valence-electron chi connectivity index (χ0n) is 4.62. The van der Waals surface area contributed by atoms with Crippen molar-refractivity contribution >= 4 is 0 Å². The predicted octanol–water partition coefficient (Wildman–Crippen LogP) is 2.11. The molecular formula is C7H4F2. The van der Waals surface area contributed by atoms with Crippen LogP contribution in [-0.4, -0.2) is 0 Å². The van der Waals surface area contributed by atoms with Crippen LogP contribution in [0.3, 0.4) is 0 Å². The van der Waals surface area contributed by atoms with Gasteiger partial charge >= 0.3 is 0 Å². The zero-order valence-corrected chi connectivity index (χ0v) is 4.62. The average molecular weight is 126 g/mol. The average Bonchev–Trinajstić information content (AvgIpc) is 1.82. The van der Waals surface area contributed by atoms with Gasteiger partial charge in [0.2, 0.25) is 0 Å². The summed E-state index contributed by atoms with van der Waals surface area (Å²) in [5.41, 5.74) is 1.68. The van der Waals surface area contributed by atoms with Crippen molar-refractivity contribution in [1.82, 2.24) is 0 Å². The fourth-order valence-corrected chi connectivity index (χ4v) is 0.253. The van der Waals surface area contributed by atoms with Gasteiger partial charge in [0, 0.05) is 6.08 Å². The molecule has 0 aliphatic rings. The Bertz CT molecular complexity index is 208. The molecule has 0 spiro atoms. The van der Waals surface area contributed by atoms with E-state index in [1.54, 1.807) is 5.92 Å². The molecule has 0 amide bonds. The Morgan fingerprint density at radius 1 is 1.56 bits per heavy atom. The maximum absolute atomic E-state index is 11.5. The second kappa shape index (κ2) is 3.65. The molecule has 9 heavy (non-hydrogen) atoms. The highest BCUT2D eigenvalue weighted by Gasteiger charge is 1.95. The van der Waals surface area contributed by atoms with Crippen LogP contribution in [0.5, 0.6) is 0 Å². The minimum absolute atomic E-state index is 0.468. The molecule has 0 aromatic rings. The first-order chi connectivity index (χ1) is 4.22. The molecule has 0 bridgehead atoms. The van der Waals surface area contributed by atoms with E-state index in [0.717, 1.165) is 6.08 Å². The van der Waals surface area contributed by atoms with E-state index in [4.69, 9.17) is 0 Å². The van der Waals surface area contributed by atoms with Crippen LogP contribution in [-0.2, 0) is 0 Å². The van der Waals surface area contributed by atoms with E-state index < -0.39 is 11.7 Å². The quantitative estimate of drug-likeness (QED) is 0.287. The van der Waals surface area contributed by atoms with Crippen molar-refractivity contribution in [2.45, 2.75) is 0 Å². The lowest BCUT2D eigenvalue weighted by molar-refractivity contribution is 0.418. The fraction of sp³-hybridized carbons (Fsp3) is 0. The van der Waals surface area contributed by atoms with Crippen molar-refractivity contribution in [2.24, 2.45) is 0 Å². The maximum atomic E-state index is 11.5. The molecule has 0 aromatic carbocycles. The lowest BCUT2D eigenvalue weighted by atomic mass is 10.3. The Labute approximate surface area is 52.2 Å². The van der Waals surface area contributed by atoms with Crippen molar-refractivity contribution in [2.75, 3.05) is 0 Å². The summed E-state index contributed by atoms with van der Waals surface area (Å²) in [5, 5.41) is 0. The van der Waals surface area contributed by atoms with Crippen LogP contribution in [0.25, 0.3) is 0 Å². The van der Waals surface area contributed by atoms with Crippen LogP contribution in [0.1, 0.15) is 0 Å². The van der Waals surface area contributed by atoms with Crippen LogP contribution in [0.4, 0.5) is 8.78 Å². The Morgan fingerprint density at radius 3 is 2.22 bits per heavy atom. The first-order valence-corrected chi connectivity index (χ1v) is 2.10. The Kier molecular flexibility index (Phi) is 3.12. The van der Waals surface area contributed by atoms with Crippen LogP contribution >= 0.6 is 0 Å². The van der Waals surface area contributed by atoms with Gasteiger partial charge in [-0.3, -0.25) is 0 Å². The summed E-state index contributed by atoms with van der Waals surface area (Å²) in [6, 6.07) is 0. The van der Waals surface area contributed by atoms with Gasteiger partial charge in [-0.25, -0.2) is 0 Å². The Hall–Kier alpha value is -1.32. The predicted molar refractivity (Wildman–Crippen MR) is 31.8 cm³/mol. The van der Waals surface area contributed by atoms with E-state index >= 15 is 0 Å². The van der Waals surface area contributed by atoms with Gasteiger partial charge in [0.1, 0.15) is 0 Å². The molecule has 46 valence electrons. The summed E-state index contributed by atoms with van der Waals surface area (Å²) >= 11 is 0. The minimum atomic E-state index is -1.88. The second-order valence-corrected chi connectivity index (χ2v) is 1.17. The Morgan fingerprint density at radius 2 is 2.11 bits per heavy atom. The third-order valence-electron chi connectivity index (χ3n) is 0.606.